The quantitative estimate of drug-likeness (QED) is 0.138. The zero-order chi connectivity index (χ0) is 34.1. The predicted octanol–water partition coefficient (Wildman–Crippen LogP) is 7.44. The Balaban J connectivity index is 1.39. The molecular formula is C45H28N4Si. The van der Waals surface area contributed by atoms with Crippen molar-refractivity contribution in [2.75, 3.05) is 0 Å². The lowest BCUT2D eigenvalue weighted by molar-refractivity contribution is 1.18. The van der Waals surface area contributed by atoms with Crippen LogP contribution in [0.15, 0.2) is 170 Å². The van der Waals surface area contributed by atoms with Crippen LogP contribution in [0.1, 0.15) is 16.7 Å². The Bertz CT molecular complexity index is 2490. The molecule has 0 saturated heterocycles. The number of nitriles is 3. The van der Waals surface area contributed by atoms with Crippen molar-refractivity contribution in [1.82, 2.24) is 4.57 Å². The van der Waals surface area contributed by atoms with Gasteiger partial charge in [0.05, 0.1) is 45.9 Å². The normalized spacial score (nSPS) is 11.1. The van der Waals surface area contributed by atoms with Crippen molar-refractivity contribution in [3.8, 4) is 35.0 Å². The van der Waals surface area contributed by atoms with Crippen molar-refractivity contribution in [3.05, 3.63) is 187 Å². The van der Waals surface area contributed by atoms with Crippen LogP contribution in [0.3, 0.4) is 0 Å². The van der Waals surface area contributed by atoms with E-state index in [1.54, 1.807) is 0 Å². The third-order valence-corrected chi connectivity index (χ3v) is 14.5. The topological polar surface area (TPSA) is 76.3 Å². The molecule has 0 bridgehead atoms. The van der Waals surface area contributed by atoms with E-state index in [0.29, 0.717) is 16.7 Å². The van der Waals surface area contributed by atoms with Crippen molar-refractivity contribution in [1.29, 1.82) is 15.8 Å². The van der Waals surface area contributed by atoms with Crippen LogP contribution in [-0.2, 0) is 0 Å². The molecule has 1 heterocycles. The van der Waals surface area contributed by atoms with Gasteiger partial charge >= 0.3 is 0 Å². The Labute approximate surface area is 291 Å². The molecule has 0 saturated carbocycles. The molecule has 8 rings (SSSR count). The lowest BCUT2D eigenvalue weighted by atomic mass is 10.0. The van der Waals surface area contributed by atoms with E-state index in [4.69, 9.17) is 0 Å². The third-order valence-electron chi connectivity index (χ3n) is 9.64. The van der Waals surface area contributed by atoms with E-state index in [-0.39, 0.29) is 0 Å². The van der Waals surface area contributed by atoms with Gasteiger partial charge < -0.3 is 4.57 Å². The minimum Gasteiger partial charge on any atom is -0.309 e. The molecule has 0 aliphatic heterocycles. The molecule has 0 N–H and O–H groups in total. The van der Waals surface area contributed by atoms with E-state index in [9.17, 15) is 15.8 Å². The molecule has 0 atom stereocenters. The van der Waals surface area contributed by atoms with Gasteiger partial charge in [-0.05, 0) is 86.5 Å². The smallest absolute Gasteiger partial charge is 0.181 e. The first kappa shape index (κ1) is 30.4. The first-order chi connectivity index (χ1) is 24.7. The molecule has 5 heteroatoms. The van der Waals surface area contributed by atoms with Gasteiger partial charge in [0, 0.05) is 16.5 Å². The summed E-state index contributed by atoms with van der Waals surface area (Å²) < 4.78 is 2.18. The second-order valence-electron chi connectivity index (χ2n) is 12.3. The van der Waals surface area contributed by atoms with Crippen molar-refractivity contribution in [3.63, 3.8) is 0 Å². The summed E-state index contributed by atoms with van der Waals surface area (Å²) >= 11 is 0. The van der Waals surface area contributed by atoms with Gasteiger partial charge in [0.25, 0.3) is 0 Å². The van der Waals surface area contributed by atoms with Gasteiger partial charge in [0.15, 0.2) is 8.07 Å². The molecule has 7 aromatic carbocycles. The fourth-order valence-corrected chi connectivity index (χ4v) is 12.6. The standard InChI is InChI=1S/C45H28N4Si/c46-29-32-19-25-43-41(27-32)42-28-33(30-47)20-26-44(42)49(43)36-23-21-34(22-24-36)40-18-10-11-35(31-48)45(40)50(37-12-4-1-5-13-37,38-14-6-2-7-15-38)39-16-8-3-9-17-39/h1-28H. The Hall–Kier alpha value is -6.97. The Morgan fingerprint density at radius 3 is 1.36 bits per heavy atom. The summed E-state index contributed by atoms with van der Waals surface area (Å²) in [5, 5.41) is 36.6. The lowest BCUT2D eigenvalue weighted by Gasteiger charge is -2.36. The molecule has 0 unspecified atom stereocenters. The van der Waals surface area contributed by atoms with Crippen molar-refractivity contribution in [2.24, 2.45) is 0 Å². The summed E-state index contributed by atoms with van der Waals surface area (Å²) in [5.41, 5.74) is 6.72. The summed E-state index contributed by atoms with van der Waals surface area (Å²) in [6.45, 7) is 0. The SMILES string of the molecule is N#Cc1ccc2c(c1)c1cc(C#N)ccc1n2-c1ccc(-c2cccc(C#N)c2[Si](c2ccccc2)(c2ccccc2)c2ccccc2)cc1. The number of benzene rings is 7. The Morgan fingerprint density at radius 2 is 0.920 bits per heavy atom. The van der Waals surface area contributed by atoms with Gasteiger partial charge in [-0.3, -0.25) is 0 Å². The average molecular weight is 653 g/mol. The van der Waals surface area contributed by atoms with Crippen LogP contribution >= 0.6 is 0 Å². The molecule has 4 nitrogen and oxygen atoms in total. The fraction of sp³-hybridized carbons (Fsp3) is 0. The minimum atomic E-state index is -3.03. The molecule has 8 aromatic rings. The largest absolute Gasteiger partial charge is 0.309 e. The summed E-state index contributed by atoms with van der Waals surface area (Å²) in [5.74, 6) is 0. The van der Waals surface area contributed by atoms with Crippen LogP contribution in [0.4, 0.5) is 0 Å². The molecule has 0 amide bonds. The van der Waals surface area contributed by atoms with E-state index in [2.05, 4.69) is 126 Å². The highest BCUT2D eigenvalue weighted by atomic mass is 28.3. The second-order valence-corrected chi connectivity index (χ2v) is 16.0. The molecule has 1 aromatic heterocycles. The summed E-state index contributed by atoms with van der Waals surface area (Å²) in [7, 11) is -3.03. The number of rotatable bonds is 6. The van der Waals surface area contributed by atoms with Crippen LogP contribution in [0, 0.1) is 34.0 Å². The molecule has 232 valence electrons. The van der Waals surface area contributed by atoms with Crippen molar-refractivity contribution < 1.29 is 0 Å². The zero-order valence-corrected chi connectivity index (χ0v) is 28.0. The maximum Gasteiger partial charge on any atom is 0.181 e. The summed E-state index contributed by atoms with van der Waals surface area (Å²) in [6, 6.07) is 65.1. The van der Waals surface area contributed by atoms with Crippen LogP contribution in [0.25, 0.3) is 38.6 Å². The average Bonchev–Trinajstić information content (AvgIpc) is 3.52. The number of hydrogen-bond donors (Lipinski definition) is 0. The van der Waals surface area contributed by atoms with E-state index in [1.165, 1.54) is 15.6 Å². The highest BCUT2D eigenvalue weighted by Gasteiger charge is 2.44. The van der Waals surface area contributed by atoms with E-state index >= 15 is 0 Å². The lowest BCUT2D eigenvalue weighted by Crippen LogP contribution is -2.75. The minimum absolute atomic E-state index is 0.571. The first-order valence-electron chi connectivity index (χ1n) is 16.4. The van der Waals surface area contributed by atoms with Crippen LogP contribution in [-0.4, -0.2) is 12.6 Å². The third kappa shape index (κ3) is 4.80. The van der Waals surface area contributed by atoms with Gasteiger partial charge in [0.1, 0.15) is 0 Å². The predicted molar refractivity (Wildman–Crippen MR) is 204 cm³/mol. The van der Waals surface area contributed by atoms with E-state index < -0.39 is 8.07 Å². The zero-order valence-electron chi connectivity index (χ0n) is 27.0. The Morgan fingerprint density at radius 1 is 0.440 bits per heavy atom. The van der Waals surface area contributed by atoms with Crippen molar-refractivity contribution >= 4 is 50.6 Å². The maximum atomic E-state index is 10.8. The monoisotopic (exact) mass is 652 g/mol. The maximum absolute atomic E-state index is 10.8. The molecule has 0 aliphatic carbocycles. The number of hydrogen-bond acceptors (Lipinski definition) is 3. The molecule has 0 aliphatic rings. The van der Waals surface area contributed by atoms with Crippen molar-refractivity contribution in [2.45, 2.75) is 0 Å². The molecule has 50 heavy (non-hydrogen) atoms. The van der Waals surface area contributed by atoms with E-state index in [1.807, 2.05) is 66.7 Å². The van der Waals surface area contributed by atoms with Crippen LogP contribution < -0.4 is 20.7 Å². The fourth-order valence-electron chi connectivity index (χ4n) is 7.52. The summed E-state index contributed by atoms with van der Waals surface area (Å²) in [4.78, 5) is 0. The van der Waals surface area contributed by atoms with Gasteiger partial charge in [-0.2, -0.15) is 15.8 Å². The number of fused-ring (bicyclic) bond motifs is 3. The molecule has 0 spiro atoms. The number of aromatic nitrogens is 1. The highest BCUT2D eigenvalue weighted by molar-refractivity contribution is 7.20. The molecule has 0 fully saturated rings. The van der Waals surface area contributed by atoms with Gasteiger partial charge in [-0.1, -0.05) is 115 Å². The highest BCUT2D eigenvalue weighted by Crippen LogP contribution is 2.34. The Kier molecular flexibility index (Phi) is 7.63. The first-order valence-corrected chi connectivity index (χ1v) is 18.4. The summed E-state index contributed by atoms with van der Waals surface area (Å²) in [6.07, 6.45) is 0. The molecule has 0 radical (unpaired) electrons. The van der Waals surface area contributed by atoms with Gasteiger partial charge in [0.2, 0.25) is 0 Å². The second kappa shape index (κ2) is 12.6. The van der Waals surface area contributed by atoms with E-state index in [0.717, 1.165) is 43.8 Å². The van der Waals surface area contributed by atoms with Gasteiger partial charge in [-0.25, -0.2) is 0 Å². The van der Waals surface area contributed by atoms with Crippen LogP contribution in [0.5, 0.6) is 0 Å². The number of nitrogens with zero attached hydrogens (tertiary/aromatic N) is 4. The molecular weight excluding hydrogens is 625 g/mol. The van der Waals surface area contributed by atoms with Gasteiger partial charge in [-0.15, -0.1) is 0 Å². The van der Waals surface area contributed by atoms with Crippen LogP contribution in [0.2, 0.25) is 0 Å².